The number of carbonyl (C=O) groups is 2. The Balaban J connectivity index is 1.43. The predicted octanol–water partition coefficient (Wildman–Crippen LogP) is 8.64. The van der Waals surface area contributed by atoms with Gasteiger partial charge in [0.1, 0.15) is 5.01 Å². The maximum absolute atomic E-state index is 13.5. The van der Waals surface area contributed by atoms with Gasteiger partial charge < -0.3 is 0 Å². The summed E-state index contributed by atoms with van der Waals surface area (Å²) in [5.74, 6) is -0.485. The van der Waals surface area contributed by atoms with Gasteiger partial charge in [-0.3, -0.25) is 14.2 Å². The van der Waals surface area contributed by atoms with Crippen molar-refractivity contribution >= 4 is 61.7 Å². The van der Waals surface area contributed by atoms with Crippen molar-refractivity contribution in [2.45, 2.75) is 13.8 Å². The van der Waals surface area contributed by atoms with Crippen molar-refractivity contribution in [2.24, 2.45) is 0 Å². The molecule has 2 heterocycles. The largest absolute Gasteiger partial charge is 0.293 e. The van der Waals surface area contributed by atoms with E-state index in [-0.39, 0.29) is 17.1 Å². The molecule has 1 aliphatic rings. The lowest BCUT2D eigenvalue weighted by Gasteiger charge is -2.14. The molecule has 0 bridgehead atoms. The molecule has 2 aromatic heterocycles. The van der Waals surface area contributed by atoms with Crippen LogP contribution in [0.1, 0.15) is 37.5 Å². The number of nitrogens with zero attached hydrogens (tertiary/aromatic N) is 2. The van der Waals surface area contributed by atoms with Gasteiger partial charge in [-0.05, 0) is 72.2 Å². The number of ketones is 2. The summed E-state index contributed by atoms with van der Waals surface area (Å²) >= 11 is 7.68. The van der Waals surface area contributed by atoms with Crippen LogP contribution in [-0.4, -0.2) is 21.1 Å². The smallest absolute Gasteiger partial charge is 0.197 e. The number of aryl methyl sites for hydroxylation is 2. The summed E-state index contributed by atoms with van der Waals surface area (Å²) in [6.07, 6.45) is 1.73. The normalized spacial score (nSPS) is 13.1. The minimum absolute atomic E-state index is 0.177. The van der Waals surface area contributed by atoms with E-state index in [9.17, 15) is 9.59 Å². The molecule has 188 valence electrons. The molecule has 0 aliphatic heterocycles. The molecule has 0 fully saturated rings. The van der Waals surface area contributed by atoms with Crippen molar-refractivity contribution in [2.75, 3.05) is 0 Å². The molecule has 4 aromatic carbocycles. The van der Waals surface area contributed by atoms with Crippen molar-refractivity contribution in [3.8, 4) is 16.3 Å². The van der Waals surface area contributed by atoms with Crippen molar-refractivity contribution in [3.05, 3.63) is 123 Å². The highest BCUT2D eigenvalue weighted by Gasteiger charge is 2.34. The Morgan fingerprint density at radius 1 is 0.795 bits per heavy atom. The third kappa shape index (κ3) is 3.77. The molecule has 0 saturated heterocycles. The molecular weight excluding hydrogens is 524 g/mol. The molecule has 0 unspecified atom stereocenters. The lowest BCUT2D eigenvalue weighted by Crippen LogP contribution is -2.05. The average molecular weight is 545 g/mol. The maximum atomic E-state index is 13.5. The maximum Gasteiger partial charge on any atom is 0.197 e. The monoisotopic (exact) mass is 544 g/mol. The minimum Gasteiger partial charge on any atom is -0.293 e. The highest BCUT2D eigenvalue weighted by molar-refractivity contribution is 7.21. The van der Waals surface area contributed by atoms with Gasteiger partial charge in [0.25, 0.3) is 0 Å². The Bertz CT molecular complexity index is 1950. The summed E-state index contributed by atoms with van der Waals surface area (Å²) in [5, 5.41) is 3.44. The van der Waals surface area contributed by atoms with Crippen LogP contribution in [-0.2, 0) is 0 Å². The second-order valence-corrected chi connectivity index (χ2v) is 11.3. The van der Waals surface area contributed by atoms with Gasteiger partial charge in [0.15, 0.2) is 17.2 Å². The second kappa shape index (κ2) is 8.87. The van der Waals surface area contributed by atoms with Gasteiger partial charge in [-0.15, -0.1) is 11.3 Å². The number of rotatable bonds is 3. The molecule has 0 radical (unpaired) electrons. The number of aromatic nitrogens is 2. The first-order valence-corrected chi connectivity index (χ1v) is 13.8. The van der Waals surface area contributed by atoms with Crippen LogP contribution < -0.4 is 0 Å². The van der Waals surface area contributed by atoms with E-state index in [0.717, 1.165) is 54.2 Å². The Morgan fingerprint density at radius 2 is 1.41 bits per heavy atom. The Kier molecular flexibility index (Phi) is 5.41. The third-order valence-electron chi connectivity index (χ3n) is 7.29. The van der Waals surface area contributed by atoms with E-state index in [2.05, 4.69) is 30.5 Å². The Morgan fingerprint density at radius 3 is 2.03 bits per heavy atom. The first kappa shape index (κ1) is 23.8. The first-order chi connectivity index (χ1) is 18.9. The quantitative estimate of drug-likeness (QED) is 0.165. The Labute approximate surface area is 233 Å². The van der Waals surface area contributed by atoms with E-state index in [0.29, 0.717) is 16.1 Å². The Hall–Kier alpha value is -4.32. The summed E-state index contributed by atoms with van der Waals surface area (Å²) < 4.78 is 3.04. The van der Waals surface area contributed by atoms with Gasteiger partial charge in [-0.25, -0.2) is 4.98 Å². The molecule has 6 heteroatoms. The molecule has 0 N–H and O–H groups in total. The van der Waals surface area contributed by atoms with Crippen LogP contribution in [0.2, 0.25) is 5.02 Å². The number of para-hydroxylation sites is 1. The minimum atomic E-state index is -0.242. The standard InChI is InChI=1S/C33H21ClN2O2S/c1-18-6-5-7-19(2)29(18)36-24(17-28-32(36)35-33(39-28)20-10-12-23(34)13-11-20)16-27-30(37)25-14-21-8-3-4-9-22(21)15-26(25)31(27)38/h3-17H,1-2H3. The number of hydrogen-bond donors (Lipinski definition) is 0. The molecule has 0 atom stereocenters. The second-order valence-electron chi connectivity index (χ2n) is 9.82. The zero-order chi connectivity index (χ0) is 26.8. The highest BCUT2D eigenvalue weighted by Crippen LogP contribution is 2.38. The van der Waals surface area contributed by atoms with Crippen LogP contribution in [0.15, 0.2) is 90.5 Å². The lowest BCUT2D eigenvalue weighted by atomic mass is 10.0. The van der Waals surface area contributed by atoms with Crippen molar-refractivity contribution in [3.63, 3.8) is 0 Å². The number of halogens is 1. The fraction of sp³-hybridized carbons (Fsp3) is 0.0606. The van der Waals surface area contributed by atoms with Crippen molar-refractivity contribution in [1.82, 2.24) is 9.55 Å². The van der Waals surface area contributed by atoms with Crippen LogP contribution >= 0.6 is 22.9 Å². The number of fused-ring (bicyclic) bond motifs is 3. The number of benzene rings is 4. The number of hydrogen-bond acceptors (Lipinski definition) is 4. The number of Topliss-reactive ketones (excluding diaryl/α,β-unsaturated/α-hetero) is 2. The zero-order valence-corrected chi connectivity index (χ0v) is 22.7. The molecule has 7 rings (SSSR count). The third-order valence-corrected chi connectivity index (χ3v) is 8.59. The molecule has 0 saturated carbocycles. The lowest BCUT2D eigenvalue weighted by molar-refractivity contribution is 0.0990. The van der Waals surface area contributed by atoms with E-state index in [1.54, 1.807) is 17.4 Å². The molecular formula is C33H21ClN2O2S. The SMILES string of the molecule is Cc1cccc(C)c1-n1c(C=C2C(=O)c3cc4ccccc4cc3C2=O)cc2sc(-c3ccc(Cl)cc3)nc21. The van der Waals surface area contributed by atoms with Gasteiger partial charge in [0.2, 0.25) is 0 Å². The van der Waals surface area contributed by atoms with Crippen LogP contribution in [0.3, 0.4) is 0 Å². The van der Waals surface area contributed by atoms with E-state index in [1.165, 1.54) is 0 Å². The summed E-state index contributed by atoms with van der Waals surface area (Å²) in [6, 6.07) is 27.2. The topological polar surface area (TPSA) is 52.0 Å². The fourth-order valence-corrected chi connectivity index (χ4v) is 6.53. The van der Waals surface area contributed by atoms with Gasteiger partial charge >= 0.3 is 0 Å². The number of carbonyl (C=O) groups excluding carboxylic acids is 2. The molecule has 0 spiro atoms. The van der Waals surface area contributed by atoms with E-state index >= 15 is 0 Å². The van der Waals surface area contributed by atoms with Crippen molar-refractivity contribution in [1.29, 1.82) is 0 Å². The van der Waals surface area contributed by atoms with E-state index < -0.39 is 0 Å². The molecule has 4 nitrogen and oxygen atoms in total. The van der Waals surface area contributed by atoms with Crippen LogP contribution in [0.25, 0.3) is 43.5 Å². The summed E-state index contributed by atoms with van der Waals surface area (Å²) in [4.78, 5) is 32.1. The molecule has 6 aromatic rings. The van der Waals surface area contributed by atoms with Gasteiger partial charge in [0.05, 0.1) is 21.7 Å². The zero-order valence-electron chi connectivity index (χ0n) is 21.2. The van der Waals surface area contributed by atoms with Crippen LogP contribution in [0, 0.1) is 13.8 Å². The molecule has 0 amide bonds. The number of allylic oxidation sites excluding steroid dienone is 1. The predicted molar refractivity (Wildman–Crippen MR) is 159 cm³/mol. The van der Waals surface area contributed by atoms with E-state index in [1.807, 2.05) is 72.8 Å². The summed E-state index contributed by atoms with van der Waals surface area (Å²) in [5.41, 5.74) is 6.76. The average Bonchev–Trinajstić information content (AvgIpc) is 3.55. The number of thiazole rings is 1. The van der Waals surface area contributed by atoms with Gasteiger partial charge in [0, 0.05) is 21.7 Å². The van der Waals surface area contributed by atoms with Crippen LogP contribution in [0.5, 0.6) is 0 Å². The fourth-order valence-electron chi connectivity index (χ4n) is 5.40. The summed E-state index contributed by atoms with van der Waals surface area (Å²) in [6.45, 7) is 4.12. The van der Waals surface area contributed by atoms with E-state index in [4.69, 9.17) is 16.6 Å². The highest BCUT2D eigenvalue weighted by atomic mass is 35.5. The van der Waals surface area contributed by atoms with Gasteiger partial charge in [-0.2, -0.15) is 0 Å². The van der Waals surface area contributed by atoms with Crippen LogP contribution in [0.4, 0.5) is 0 Å². The van der Waals surface area contributed by atoms with Gasteiger partial charge in [-0.1, -0.05) is 66.2 Å². The molecule has 39 heavy (non-hydrogen) atoms. The summed E-state index contributed by atoms with van der Waals surface area (Å²) in [7, 11) is 0. The first-order valence-electron chi connectivity index (χ1n) is 12.6. The molecule has 1 aliphatic carbocycles. The van der Waals surface area contributed by atoms with Crippen molar-refractivity contribution < 1.29 is 9.59 Å².